The second kappa shape index (κ2) is 7.30. The largest absolute Gasteiger partial charge is 0.383 e. The summed E-state index contributed by atoms with van der Waals surface area (Å²) in [5.74, 6) is -0.299. The van der Waals surface area contributed by atoms with Crippen LogP contribution in [0, 0.1) is 6.92 Å². The van der Waals surface area contributed by atoms with Crippen molar-refractivity contribution >= 4 is 39.1 Å². The molecular weight excluding hydrogens is 344 g/mol. The first-order valence-corrected chi connectivity index (χ1v) is 8.71. The van der Waals surface area contributed by atoms with E-state index >= 15 is 0 Å². The lowest BCUT2D eigenvalue weighted by Crippen LogP contribution is -2.19. The molecule has 4 nitrogen and oxygen atoms in total. The number of fused-ring (bicyclic) bond motifs is 1. The summed E-state index contributed by atoms with van der Waals surface area (Å²) in [6.45, 7) is 3.24. The van der Waals surface area contributed by atoms with Gasteiger partial charge in [0.05, 0.1) is 16.8 Å². The quantitative estimate of drug-likeness (QED) is 0.704. The lowest BCUT2D eigenvalue weighted by atomic mass is 10.2. The van der Waals surface area contributed by atoms with Gasteiger partial charge in [-0.2, -0.15) is 4.99 Å². The van der Waals surface area contributed by atoms with Gasteiger partial charge in [0.15, 0.2) is 4.80 Å². The second-order valence-corrected chi connectivity index (χ2v) is 6.87. The minimum Gasteiger partial charge on any atom is -0.383 e. The number of benzene rings is 2. The fourth-order valence-electron chi connectivity index (χ4n) is 2.44. The SMILES string of the molecule is COCCn1c(=NC(=O)c2cccc(Cl)c2)sc2cc(C)ccc21. The van der Waals surface area contributed by atoms with E-state index in [1.807, 2.05) is 11.5 Å². The Morgan fingerprint density at radius 1 is 1.29 bits per heavy atom. The normalized spacial score (nSPS) is 12.0. The molecule has 0 saturated heterocycles. The molecule has 124 valence electrons. The van der Waals surface area contributed by atoms with Crippen molar-refractivity contribution in [1.29, 1.82) is 0 Å². The van der Waals surface area contributed by atoms with Crippen LogP contribution < -0.4 is 4.80 Å². The van der Waals surface area contributed by atoms with Crippen LogP contribution in [-0.4, -0.2) is 24.2 Å². The smallest absolute Gasteiger partial charge is 0.279 e. The highest BCUT2D eigenvalue weighted by Gasteiger charge is 2.10. The number of hydrogen-bond acceptors (Lipinski definition) is 3. The fourth-order valence-corrected chi connectivity index (χ4v) is 3.78. The Balaban J connectivity index is 2.11. The van der Waals surface area contributed by atoms with Gasteiger partial charge in [0.1, 0.15) is 0 Å². The van der Waals surface area contributed by atoms with Crippen LogP contribution in [-0.2, 0) is 11.3 Å². The summed E-state index contributed by atoms with van der Waals surface area (Å²) in [5, 5.41) is 0.523. The average molecular weight is 361 g/mol. The Bertz CT molecular complexity index is 959. The minimum atomic E-state index is -0.299. The van der Waals surface area contributed by atoms with Gasteiger partial charge in [-0.25, -0.2) is 0 Å². The standard InChI is InChI=1S/C18H17ClN2O2S/c1-12-6-7-15-16(10-12)24-18(21(15)8-9-23-2)20-17(22)13-4-3-5-14(19)11-13/h3-7,10-11H,8-9H2,1-2H3. The second-order valence-electron chi connectivity index (χ2n) is 5.43. The van der Waals surface area contributed by atoms with Gasteiger partial charge in [0, 0.05) is 24.2 Å². The highest BCUT2D eigenvalue weighted by atomic mass is 35.5. The van der Waals surface area contributed by atoms with Crippen molar-refractivity contribution < 1.29 is 9.53 Å². The Hall–Kier alpha value is -1.95. The molecule has 3 rings (SSSR count). The topological polar surface area (TPSA) is 43.6 Å². The van der Waals surface area contributed by atoms with Crippen molar-refractivity contribution in [2.24, 2.45) is 4.99 Å². The van der Waals surface area contributed by atoms with Crippen molar-refractivity contribution in [2.75, 3.05) is 13.7 Å². The third-order valence-electron chi connectivity index (χ3n) is 3.63. The Morgan fingerprint density at radius 3 is 2.88 bits per heavy atom. The molecule has 1 amide bonds. The number of halogens is 1. The van der Waals surface area contributed by atoms with Crippen molar-refractivity contribution in [1.82, 2.24) is 4.57 Å². The maximum Gasteiger partial charge on any atom is 0.279 e. The number of aromatic nitrogens is 1. The molecule has 6 heteroatoms. The highest BCUT2D eigenvalue weighted by Crippen LogP contribution is 2.19. The molecule has 2 aromatic carbocycles. The number of aryl methyl sites for hydroxylation is 1. The molecule has 0 fully saturated rings. The van der Waals surface area contributed by atoms with Gasteiger partial charge in [0.25, 0.3) is 5.91 Å². The molecule has 0 aliphatic heterocycles. The molecule has 0 aliphatic carbocycles. The maximum atomic E-state index is 12.5. The first-order chi connectivity index (χ1) is 11.6. The van der Waals surface area contributed by atoms with Crippen molar-refractivity contribution in [3.05, 3.63) is 63.4 Å². The Kier molecular flexibility index (Phi) is 5.14. The van der Waals surface area contributed by atoms with Crippen LogP contribution in [0.5, 0.6) is 0 Å². The summed E-state index contributed by atoms with van der Waals surface area (Å²) in [6.07, 6.45) is 0. The third kappa shape index (κ3) is 3.59. The van der Waals surface area contributed by atoms with Gasteiger partial charge in [-0.3, -0.25) is 4.79 Å². The maximum absolute atomic E-state index is 12.5. The Labute approximate surface area is 149 Å². The summed E-state index contributed by atoms with van der Waals surface area (Å²) in [5.41, 5.74) is 2.71. The number of carbonyl (C=O) groups excluding carboxylic acids is 1. The lowest BCUT2D eigenvalue weighted by Gasteiger charge is -2.04. The molecule has 3 aromatic rings. The first kappa shape index (κ1) is 16.9. The van der Waals surface area contributed by atoms with E-state index < -0.39 is 0 Å². The fraction of sp³-hybridized carbons (Fsp3) is 0.222. The molecule has 0 radical (unpaired) electrons. The van der Waals surface area contributed by atoms with Crippen molar-refractivity contribution in [3.8, 4) is 0 Å². The number of rotatable bonds is 4. The van der Waals surface area contributed by atoms with Gasteiger partial charge < -0.3 is 9.30 Å². The molecule has 0 atom stereocenters. The highest BCUT2D eigenvalue weighted by molar-refractivity contribution is 7.16. The van der Waals surface area contributed by atoms with Crippen LogP contribution in [0.15, 0.2) is 47.5 Å². The summed E-state index contributed by atoms with van der Waals surface area (Å²) < 4.78 is 8.31. The molecule has 1 aromatic heterocycles. The predicted octanol–water partition coefficient (Wildman–Crippen LogP) is 4.05. The van der Waals surface area contributed by atoms with E-state index in [-0.39, 0.29) is 5.91 Å². The zero-order valence-electron chi connectivity index (χ0n) is 13.5. The van der Waals surface area contributed by atoms with E-state index in [1.165, 1.54) is 16.9 Å². The summed E-state index contributed by atoms with van der Waals surface area (Å²) in [4.78, 5) is 17.5. The van der Waals surface area contributed by atoms with E-state index in [2.05, 4.69) is 23.2 Å². The molecule has 0 bridgehead atoms. The van der Waals surface area contributed by atoms with E-state index in [9.17, 15) is 4.79 Å². The molecule has 0 spiro atoms. The van der Waals surface area contributed by atoms with E-state index in [4.69, 9.17) is 16.3 Å². The number of amides is 1. The van der Waals surface area contributed by atoms with Gasteiger partial charge in [0.2, 0.25) is 0 Å². The van der Waals surface area contributed by atoms with Crippen LogP contribution >= 0.6 is 22.9 Å². The monoisotopic (exact) mass is 360 g/mol. The summed E-state index contributed by atoms with van der Waals surface area (Å²) in [6, 6.07) is 13.0. The van der Waals surface area contributed by atoms with Crippen LogP contribution in [0.1, 0.15) is 15.9 Å². The van der Waals surface area contributed by atoms with Crippen LogP contribution in [0.25, 0.3) is 10.2 Å². The zero-order valence-corrected chi connectivity index (χ0v) is 15.0. The Morgan fingerprint density at radius 2 is 2.12 bits per heavy atom. The van der Waals surface area contributed by atoms with Crippen LogP contribution in [0.4, 0.5) is 0 Å². The van der Waals surface area contributed by atoms with Crippen LogP contribution in [0.2, 0.25) is 5.02 Å². The van der Waals surface area contributed by atoms with Gasteiger partial charge in [-0.1, -0.05) is 35.1 Å². The van der Waals surface area contributed by atoms with Crippen molar-refractivity contribution in [3.63, 3.8) is 0 Å². The molecule has 0 unspecified atom stereocenters. The molecule has 1 heterocycles. The number of carbonyl (C=O) groups is 1. The van der Waals surface area contributed by atoms with Gasteiger partial charge in [-0.05, 0) is 42.8 Å². The minimum absolute atomic E-state index is 0.299. The van der Waals surface area contributed by atoms with Gasteiger partial charge in [-0.15, -0.1) is 0 Å². The number of methoxy groups -OCH3 is 1. The lowest BCUT2D eigenvalue weighted by molar-refractivity contribution is 0.0997. The zero-order chi connectivity index (χ0) is 17.1. The number of thiazole rings is 1. The molecule has 0 N–H and O–H groups in total. The molecule has 24 heavy (non-hydrogen) atoms. The molecular formula is C18H17ClN2O2S. The number of ether oxygens (including phenoxy) is 1. The van der Waals surface area contributed by atoms with Gasteiger partial charge >= 0.3 is 0 Å². The summed E-state index contributed by atoms with van der Waals surface area (Å²) >= 11 is 7.46. The molecule has 0 saturated carbocycles. The third-order valence-corrected chi connectivity index (χ3v) is 4.90. The average Bonchev–Trinajstić information content (AvgIpc) is 2.89. The van der Waals surface area contributed by atoms with E-state index in [0.29, 0.717) is 28.5 Å². The first-order valence-electron chi connectivity index (χ1n) is 7.52. The number of nitrogens with zero attached hydrogens (tertiary/aromatic N) is 2. The van der Waals surface area contributed by atoms with Crippen molar-refractivity contribution in [2.45, 2.75) is 13.5 Å². The van der Waals surface area contributed by atoms with Crippen LogP contribution in [0.3, 0.4) is 0 Å². The predicted molar refractivity (Wildman–Crippen MR) is 97.8 cm³/mol. The summed E-state index contributed by atoms with van der Waals surface area (Å²) in [7, 11) is 1.66. The van der Waals surface area contributed by atoms with E-state index in [1.54, 1.807) is 31.4 Å². The molecule has 0 aliphatic rings. The van der Waals surface area contributed by atoms with E-state index in [0.717, 1.165) is 10.2 Å². The number of hydrogen-bond donors (Lipinski definition) is 0.